The van der Waals surface area contributed by atoms with Crippen LogP contribution in [0.5, 0.6) is 0 Å². The summed E-state index contributed by atoms with van der Waals surface area (Å²) in [6.45, 7) is 5.23. The second-order valence-corrected chi connectivity index (χ2v) is 4.12. The largest absolute Gasteiger partial charge is 0.443 e. The Bertz CT molecular complexity index is 403. The van der Waals surface area contributed by atoms with E-state index >= 15 is 0 Å². The number of nitrogens with zero attached hydrogens (tertiary/aromatic N) is 3. The number of rotatable bonds is 1. The maximum Gasteiger partial charge on any atom is 0.428 e. The molecule has 1 aromatic rings. The van der Waals surface area contributed by atoms with Gasteiger partial charge in [-0.25, -0.2) is 4.79 Å². The summed E-state index contributed by atoms with van der Waals surface area (Å²) in [5.41, 5.74) is -0.189. The predicted octanol–water partition coefficient (Wildman–Crippen LogP) is 2.30. The van der Waals surface area contributed by atoms with Gasteiger partial charge in [0.1, 0.15) is 5.60 Å². The molecule has 0 atom stereocenters. The third-order valence-corrected chi connectivity index (χ3v) is 1.60. The smallest absolute Gasteiger partial charge is 0.428 e. The Morgan fingerprint density at radius 3 is 2.44 bits per heavy atom. The Morgan fingerprint density at radius 2 is 2.00 bits per heavy atom. The third-order valence-electron chi connectivity index (χ3n) is 1.60. The molecule has 0 N–H and O–H groups in total. The van der Waals surface area contributed by atoms with E-state index < -0.39 is 11.7 Å². The monoisotopic (exact) mass is 219 g/mol. The minimum Gasteiger partial charge on any atom is -0.443 e. The van der Waals surface area contributed by atoms with Crippen LogP contribution in [0.4, 0.5) is 10.5 Å². The van der Waals surface area contributed by atoms with Crippen LogP contribution < -0.4 is 4.90 Å². The standard InChI is InChI=1S/C11H13N3O2/c1-11(2,3)16-10(15)14(8-12)9-4-6-13-7-5-9/h4-7H,1-3H3. The zero-order chi connectivity index (χ0) is 12.2. The van der Waals surface area contributed by atoms with Crippen LogP contribution >= 0.6 is 0 Å². The van der Waals surface area contributed by atoms with E-state index in [2.05, 4.69) is 4.98 Å². The lowest BCUT2D eigenvalue weighted by Gasteiger charge is -2.22. The van der Waals surface area contributed by atoms with E-state index in [0.29, 0.717) is 5.69 Å². The summed E-state index contributed by atoms with van der Waals surface area (Å²) < 4.78 is 5.09. The Hall–Kier alpha value is -2.09. The number of ether oxygens (including phenoxy) is 1. The number of aromatic nitrogens is 1. The SMILES string of the molecule is CC(C)(C)OC(=O)N(C#N)c1ccncc1. The van der Waals surface area contributed by atoms with Crippen LogP contribution in [0.1, 0.15) is 20.8 Å². The minimum atomic E-state index is -0.693. The average Bonchev–Trinajstić information content (AvgIpc) is 2.17. The summed E-state index contributed by atoms with van der Waals surface area (Å²) in [7, 11) is 0. The lowest BCUT2D eigenvalue weighted by molar-refractivity contribution is 0.0599. The van der Waals surface area contributed by atoms with Crippen molar-refractivity contribution in [2.75, 3.05) is 4.90 Å². The highest BCUT2D eigenvalue weighted by atomic mass is 16.6. The zero-order valence-electron chi connectivity index (χ0n) is 9.47. The number of carbonyl (C=O) groups excluding carboxylic acids is 1. The van der Waals surface area contributed by atoms with Gasteiger partial charge >= 0.3 is 6.09 Å². The molecule has 84 valence electrons. The summed E-state index contributed by atoms with van der Waals surface area (Å²) in [5.74, 6) is 0. The van der Waals surface area contributed by atoms with Crippen molar-refractivity contribution in [2.45, 2.75) is 26.4 Å². The first-order valence-corrected chi connectivity index (χ1v) is 4.77. The molecule has 1 amide bonds. The molecular formula is C11H13N3O2. The van der Waals surface area contributed by atoms with Gasteiger partial charge < -0.3 is 4.74 Å². The van der Waals surface area contributed by atoms with Gasteiger partial charge in [0.2, 0.25) is 0 Å². The summed E-state index contributed by atoms with van der Waals surface area (Å²) in [4.78, 5) is 16.3. The van der Waals surface area contributed by atoms with Crippen LogP contribution in [0, 0.1) is 11.5 Å². The molecule has 0 unspecified atom stereocenters. The molecule has 0 aromatic carbocycles. The fourth-order valence-corrected chi connectivity index (χ4v) is 1.00. The highest BCUT2D eigenvalue weighted by Gasteiger charge is 2.23. The highest BCUT2D eigenvalue weighted by molar-refractivity contribution is 5.90. The second kappa shape index (κ2) is 4.62. The highest BCUT2D eigenvalue weighted by Crippen LogP contribution is 2.16. The van der Waals surface area contributed by atoms with Gasteiger partial charge in [-0.15, -0.1) is 0 Å². The molecule has 5 nitrogen and oxygen atoms in total. The van der Waals surface area contributed by atoms with Crippen molar-refractivity contribution < 1.29 is 9.53 Å². The molecule has 0 saturated heterocycles. The van der Waals surface area contributed by atoms with Gasteiger partial charge in [-0.3, -0.25) is 4.98 Å². The van der Waals surface area contributed by atoms with Crippen LogP contribution in [0.2, 0.25) is 0 Å². The Balaban J connectivity index is 2.85. The number of hydrogen-bond donors (Lipinski definition) is 0. The van der Waals surface area contributed by atoms with Gasteiger partial charge in [-0.05, 0) is 32.9 Å². The number of nitriles is 1. The molecule has 0 aliphatic carbocycles. The van der Waals surface area contributed by atoms with Crippen molar-refractivity contribution in [3.8, 4) is 6.19 Å². The summed E-state index contributed by atoms with van der Waals surface area (Å²) >= 11 is 0. The fraction of sp³-hybridized carbons (Fsp3) is 0.364. The molecule has 0 aliphatic heterocycles. The van der Waals surface area contributed by atoms with Crippen molar-refractivity contribution in [3.05, 3.63) is 24.5 Å². The quantitative estimate of drug-likeness (QED) is 0.537. The van der Waals surface area contributed by atoms with E-state index in [4.69, 9.17) is 10.00 Å². The summed E-state index contributed by atoms with van der Waals surface area (Å²) in [6, 6.07) is 3.13. The molecule has 0 bridgehead atoms. The van der Waals surface area contributed by atoms with E-state index in [1.165, 1.54) is 12.4 Å². The molecule has 1 rings (SSSR count). The lowest BCUT2D eigenvalue weighted by Crippen LogP contribution is -2.33. The predicted molar refractivity (Wildman–Crippen MR) is 58.6 cm³/mol. The lowest BCUT2D eigenvalue weighted by atomic mass is 10.2. The van der Waals surface area contributed by atoms with Gasteiger partial charge in [0.25, 0.3) is 0 Å². The molecule has 0 saturated carbocycles. The van der Waals surface area contributed by atoms with Crippen molar-refractivity contribution >= 4 is 11.8 Å². The molecule has 0 fully saturated rings. The van der Waals surface area contributed by atoms with Crippen LogP contribution in [0.25, 0.3) is 0 Å². The molecule has 1 heterocycles. The van der Waals surface area contributed by atoms with Crippen LogP contribution in [-0.2, 0) is 4.74 Å². The van der Waals surface area contributed by atoms with Gasteiger partial charge in [0.05, 0.1) is 5.69 Å². The average molecular weight is 219 g/mol. The maximum atomic E-state index is 11.7. The topological polar surface area (TPSA) is 66.2 Å². The van der Waals surface area contributed by atoms with E-state index in [1.54, 1.807) is 39.1 Å². The molecule has 16 heavy (non-hydrogen) atoms. The van der Waals surface area contributed by atoms with Crippen molar-refractivity contribution in [2.24, 2.45) is 0 Å². The first-order valence-electron chi connectivity index (χ1n) is 4.77. The van der Waals surface area contributed by atoms with Gasteiger partial charge in [-0.2, -0.15) is 10.2 Å². The number of carbonyl (C=O) groups is 1. The first-order chi connectivity index (χ1) is 7.44. The molecule has 0 radical (unpaired) electrons. The minimum absolute atomic E-state index is 0.437. The molecule has 0 aliphatic rings. The first kappa shape index (κ1) is 12.0. The Morgan fingerprint density at radius 1 is 1.44 bits per heavy atom. The number of anilines is 1. The van der Waals surface area contributed by atoms with Crippen molar-refractivity contribution in [3.63, 3.8) is 0 Å². The molecular weight excluding hydrogens is 206 g/mol. The number of amides is 1. The fourth-order valence-electron chi connectivity index (χ4n) is 1.00. The van der Waals surface area contributed by atoms with E-state index in [0.717, 1.165) is 4.90 Å². The Labute approximate surface area is 94.3 Å². The maximum absolute atomic E-state index is 11.7. The molecule has 1 aromatic heterocycles. The second-order valence-electron chi connectivity index (χ2n) is 4.12. The van der Waals surface area contributed by atoms with Crippen molar-refractivity contribution in [1.82, 2.24) is 4.98 Å². The number of hydrogen-bond acceptors (Lipinski definition) is 4. The molecule has 5 heteroatoms. The van der Waals surface area contributed by atoms with E-state index in [1.807, 2.05) is 0 Å². The number of pyridine rings is 1. The normalized spacial score (nSPS) is 10.4. The summed E-state index contributed by atoms with van der Waals surface area (Å²) in [5, 5.41) is 8.90. The zero-order valence-corrected chi connectivity index (χ0v) is 9.47. The van der Waals surface area contributed by atoms with Gasteiger partial charge in [0.15, 0.2) is 6.19 Å². The van der Waals surface area contributed by atoms with Crippen LogP contribution in [0.3, 0.4) is 0 Å². The van der Waals surface area contributed by atoms with E-state index in [9.17, 15) is 4.79 Å². The van der Waals surface area contributed by atoms with Crippen LogP contribution in [-0.4, -0.2) is 16.7 Å². The van der Waals surface area contributed by atoms with Gasteiger partial charge in [-0.1, -0.05) is 0 Å². The third kappa shape index (κ3) is 3.24. The molecule has 0 spiro atoms. The summed E-state index contributed by atoms with van der Waals surface area (Å²) in [6.07, 6.45) is 4.09. The van der Waals surface area contributed by atoms with Crippen LogP contribution in [0.15, 0.2) is 24.5 Å². The van der Waals surface area contributed by atoms with Gasteiger partial charge in [0, 0.05) is 12.4 Å². The van der Waals surface area contributed by atoms with E-state index in [-0.39, 0.29) is 0 Å². The van der Waals surface area contributed by atoms with Crippen molar-refractivity contribution in [1.29, 1.82) is 5.26 Å². The Kier molecular flexibility index (Phi) is 3.46.